The minimum Gasteiger partial charge on any atom is -0.266 e. The number of benzene rings is 1. The van der Waals surface area contributed by atoms with Gasteiger partial charge in [0.1, 0.15) is 11.6 Å². The quantitative estimate of drug-likeness (QED) is 0.869. The van der Waals surface area contributed by atoms with E-state index in [4.69, 9.17) is 5.26 Å². The lowest BCUT2D eigenvalue weighted by molar-refractivity contribution is 0.934. The fraction of sp³-hybridized carbons (Fsp3) is 0.0714. The number of aryl methyl sites for hydroxylation is 1. The van der Waals surface area contributed by atoms with Crippen LogP contribution in [-0.2, 0) is 0 Å². The molecule has 0 amide bonds. The molecule has 0 aliphatic carbocycles. The largest absolute Gasteiger partial charge is 0.282 e. The minimum atomic E-state index is -0.462. The summed E-state index contributed by atoms with van der Waals surface area (Å²) < 4.78 is 0. The molecule has 18 heavy (non-hydrogen) atoms. The van der Waals surface area contributed by atoms with Crippen molar-refractivity contribution in [2.75, 3.05) is 0 Å². The molecule has 0 unspecified atom stereocenters. The Bertz CT molecular complexity index is 678. The number of aromatic nitrogens is 2. The number of H-pyrrole nitrogens is 1. The lowest BCUT2D eigenvalue weighted by atomic mass is 10.1. The third-order valence-electron chi connectivity index (χ3n) is 2.57. The monoisotopic (exact) mass is 237 g/mol. The van der Waals surface area contributed by atoms with Crippen molar-refractivity contribution in [1.29, 1.82) is 5.26 Å². The third-order valence-corrected chi connectivity index (χ3v) is 2.57. The molecule has 1 aromatic carbocycles. The minimum absolute atomic E-state index is 0.0923. The Morgan fingerprint density at radius 1 is 1.28 bits per heavy atom. The maximum atomic E-state index is 11.5. The van der Waals surface area contributed by atoms with Crippen LogP contribution < -0.4 is 5.56 Å². The van der Waals surface area contributed by atoms with Gasteiger partial charge in [0.15, 0.2) is 0 Å². The highest BCUT2D eigenvalue weighted by atomic mass is 16.1. The van der Waals surface area contributed by atoms with Crippen molar-refractivity contribution in [3.05, 3.63) is 63.1 Å². The van der Waals surface area contributed by atoms with Crippen LogP contribution in [-0.4, -0.2) is 10.2 Å². The van der Waals surface area contributed by atoms with Gasteiger partial charge in [-0.25, -0.2) is 5.10 Å². The predicted molar refractivity (Wildman–Crippen MR) is 69.7 cm³/mol. The topological polar surface area (TPSA) is 69.5 Å². The van der Waals surface area contributed by atoms with Gasteiger partial charge < -0.3 is 0 Å². The van der Waals surface area contributed by atoms with Crippen molar-refractivity contribution >= 4 is 12.2 Å². The van der Waals surface area contributed by atoms with E-state index >= 15 is 0 Å². The van der Waals surface area contributed by atoms with Gasteiger partial charge in [0.25, 0.3) is 5.56 Å². The molecule has 0 saturated heterocycles. The van der Waals surface area contributed by atoms with E-state index in [1.807, 2.05) is 42.5 Å². The Morgan fingerprint density at radius 2 is 2.00 bits per heavy atom. The molecule has 0 bridgehead atoms. The second kappa shape index (κ2) is 5.11. The molecule has 0 fully saturated rings. The van der Waals surface area contributed by atoms with Gasteiger partial charge in [-0.3, -0.25) is 4.79 Å². The van der Waals surface area contributed by atoms with E-state index in [9.17, 15) is 4.79 Å². The number of hydrogen-bond acceptors (Lipinski definition) is 3. The van der Waals surface area contributed by atoms with Crippen LogP contribution in [0.25, 0.3) is 12.2 Å². The van der Waals surface area contributed by atoms with E-state index in [1.165, 1.54) is 0 Å². The molecule has 4 heteroatoms. The van der Waals surface area contributed by atoms with E-state index in [-0.39, 0.29) is 5.56 Å². The molecule has 0 aliphatic rings. The zero-order chi connectivity index (χ0) is 13.0. The molecule has 2 rings (SSSR count). The molecule has 1 aromatic heterocycles. The van der Waals surface area contributed by atoms with Gasteiger partial charge in [-0.15, -0.1) is 0 Å². The summed E-state index contributed by atoms with van der Waals surface area (Å²) in [6.45, 7) is 1.75. The molecular formula is C14H11N3O. The summed E-state index contributed by atoms with van der Waals surface area (Å²) in [7, 11) is 0. The second-order valence-electron chi connectivity index (χ2n) is 3.78. The zero-order valence-electron chi connectivity index (χ0n) is 9.84. The van der Waals surface area contributed by atoms with Gasteiger partial charge in [0.05, 0.1) is 5.69 Å². The third kappa shape index (κ3) is 2.36. The average molecular weight is 237 g/mol. The van der Waals surface area contributed by atoms with Crippen LogP contribution in [0.2, 0.25) is 0 Å². The molecule has 0 saturated carbocycles. The summed E-state index contributed by atoms with van der Waals surface area (Å²) in [5, 5.41) is 15.1. The van der Waals surface area contributed by atoms with Crippen LogP contribution in [0.1, 0.15) is 22.4 Å². The molecule has 4 nitrogen and oxygen atoms in total. The number of rotatable bonds is 2. The molecule has 0 aliphatic heterocycles. The number of nitrogens with zero attached hydrogens (tertiary/aromatic N) is 2. The molecule has 2 aromatic rings. The molecule has 88 valence electrons. The highest BCUT2D eigenvalue weighted by Crippen LogP contribution is 2.12. The fourth-order valence-electron chi connectivity index (χ4n) is 1.61. The van der Waals surface area contributed by atoms with Crippen molar-refractivity contribution in [2.45, 2.75) is 6.92 Å². The Morgan fingerprint density at radius 3 is 2.67 bits per heavy atom. The van der Waals surface area contributed by atoms with E-state index in [1.54, 1.807) is 13.0 Å². The van der Waals surface area contributed by atoms with Crippen molar-refractivity contribution in [2.24, 2.45) is 0 Å². The zero-order valence-corrected chi connectivity index (χ0v) is 9.84. The summed E-state index contributed by atoms with van der Waals surface area (Å²) in [5.41, 5.74) is 1.81. The van der Waals surface area contributed by atoms with Crippen molar-refractivity contribution in [3.63, 3.8) is 0 Å². The summed E-state index contributed by atoms with van der Waals surface area (Å²) in [4.78, 5) is 11.5. The molecule has 0 atom stereocenters. The number of hydrogen-bond donors (Lipinski definition) is 1. The molecule has 0 spiro atoms. The van der Waals surface area contributed by atoms with Crippen LogP contribution in [0.4, 0.5) is 0 Å². The Balaban J connectivity index is 2.47. The van der Waals surface area contributed by atoms with Gasteiger partial charge >= 0.3 is 0 Å². The summed E-state index contributed by atoms with van der Waals surface area (Å²) in [5.74, 6) is 0. The van der Waals surface area contributed by atoms with E-state index in [2.05, 4.69) is 10.2 Å². The maximum Gasteiger partial charge on any atom is 0.282 e. The molecule has 1 heterocycles. The lowest BCUT2D eigenvalue weighted by Crippen LogP contribution is -2.15. The van der Waals surface area contributed by atoms with Gasteiger partial charge in [-0.2, -0.15) is 10.4 Å². The van der Waals surface area contributed by atoms with Gasteiger partial charge in [-0.1, -0.05) is 42.5 Å². The second-order valence-corrected chi connectivity index (χ2v) is 3.78. The van der Waals surface area contributed by atoms with Crippen LogP contribution in [0.5, 0.6) is 0 Å². The normalized spacial score (nSPS) is 10.4. The van der Waals surface area contributed by atoms with Gasteiger partial charge in [-0.05, 0) is 12.5 Å². The first-order chi connectivity index (χ1) is 8.72. The SMILES string of the molecule is Cc1n[nH]c(=O)c(C#N)c1/C=C/c1ccccc1. The van der Waals surface area contributed by atoms with Crippen molar-refractivity contribution < 1.29 is 0 Å². The van der Waals surface area contributed by atoms with E-state index in [0.29, 0.717) is 11.3 Å². The molecular weight excluding hydrogens is 226 g/mol. The van der Waals surface area contributed by atoms with E-state index < -0.39 is 5.56 Å². The average Bonchev–Trinajstić information content (AvgIpc) is 2.41. The van der Waals surface area contributed by atoms with Gasteiger partial charge in [0.2, 0.25) is 0 Å². The van der Waals surface area contributed by atoms with Crippen LogP contribution in [0, 0.1) is 18.3 Å². The van der Waals surface area contributed by atoms with Crippen LogP contribution in [0.15, 0.2) is 35.1 Å². The first-order valence-electron chi connectivity index (χ1n) is 5.45. The van der Waals surface area contributed by atoms with Crippen LogP contribution >= 0.6 is 0 Å². The Kier molecular flexibility index (Phi) is 3.35. The molecule has 1 N–H and O–H groups in total. The Labute approximate surface area is 104 Å². The summed E-state index contributed by atoms with van der Waals surface area (Å²) >= 11 is 0. The fourth-order valence-corrected chi connectivity index (χ4v) is 1.61. The summed E-state index contributed by atoms with van der Waals surface area (Å²) in [6.07, 6.45) is 3.59. The number of nitriles is 1. The highest BCUT2D eigenvalue weighted by Gasteiger charge is 2.07. The predicted octanol–water partition coefficient (Wildman–Crippen LogP) is 2.12. The first-order valence-corrected chi connectivity index (χ1v) is 5.45. The van der Waals surface area contributed by atoms with E-state index in [0.717, 1.165) is 5.56 Å². The smallest absolute Gasteiger partial charge is 0.266 e. The standard InChI is InChI=1S/C14H11N3O/c1-10-12(13(9-15)14(18)17-16-10)8-7-11-5-3-2-4-6-11/h2-8H,1H3,(H,17,18)/b8-7+. The van der Waals surface area contributed by atoms with Gasteiger partial charge in [0, 0.05) is 5.56 Å². The number of aromatic amines is 1. The highest BCUT2D eigenvalue weighted by molar-refractivity contribution is 5.73. The molecule has 0 radical (unpaired) electrons. The lowest BCUT2D eigenvalue weighted by Gasteiger charge is -2.00. The van der Waals surface area contributed by atoms with Crippen molar-refractivity contribution in [3.8, 4) is 6.07 Å². The van der Waals surface area contributed by atoms with Crippen LogP contribution in [0.3, 0.4) is 0 Å². The number of nitrogens with one attached hydrogen (secondary N) is 1. The summed E-state index contributed by atoms with van der Waals surface area (Å²) in [6, 6.07) is 11.6. The van der Waals surface area contributed by atoms with Crippen molar-refractivity contribution in [1.82, 2.24) is 10.2 Å². The first kappa shape index (κ1) is 11.8. The maximum absolute atomic E-state index is 11.5. The Hall–Kier alpha value is -2.67.